The van der Waals surface area contributed by atoms with E-state index in [0.717, 1.165) is 0 Å². The van der Waals surface area contributed by atoms with E-state index >= 15 is 0 Å². The predicted molar refractivity (Wildman–Crippen MR) is 93.2 cm³/mol. The van der Waals surface area contributed by atoms with Gasteiger partial charge in [0.1, 0.15) is 5.75 Å². The maximum Gasteiger partial charge on any atom is 0.347 e. The Kier molecular flexibility index (Phi) is 4.85. The van der Waals surface area contributed by atoms with E-state index in [9.17, 15) is 14.9 Å². The lowest BCUT2D eigenvalue weighted by Gasteiger charge is -2.05. The summed E-state index contributed by atoms with van der Waals surface area (Å²) in [5.74, 6) is -0.673. The fourth-order valence-electron chi connectivity index (χ4n) is 2.20. The molecule has 0 atom stereocenters. The molecule has 132 valence electrons. The summed E-state index contributed by atoms with van der Waals surface area (Å²) in [7, 11) is 1.38. The van der Waals surface area contributed by atoms with E-state index < -0.39 is 10.9 Å². The first-order valence-electron chi connectivity index (χ1n) is 7.33. The van der Waals surface area contributed by atoms with Crippen LogP contribution in [0.15, 0.2) is 54.9 Å². The number of hydrogen-bond acceptors (Lipinski definition) is 6. The molecular weight excluding hydrogens is 362 g/mol. The van der Waals surface area contributed by atoms with Crippen LogP contribution in [0, 0.1) is 10.1 Å². The average molecular weight is 374 g/mol. The molecule has 0 radical (unpaired) electrons. The van der Waals surface area contributed by atoms with Crippen LogP contribution in [0.1, 0.15) is 10.4 Å². The van der Waals surface area contributed by atoms with E-state index in [1.54, 1.807) is 24.3 Å². The van der Waals surface area contributed by atoms with Crippen LogP contribution in [0.5, 0.6) is 11.5 Å². The van der Waals surface area contributed by atoms with Crippen molar-refractivity contribution in [3.63, 3.8) is 0 Å². The third-order valence-corrected chi connectivity index (χ3v) is 3.69. The van der Waals surface area contributed by atoms with Crippen molar-refractivity contribution < 1.29 is 19.2 Å². The van der Waals surface area contributed by atoms with Gasteiger partial charge in [0.05, 0.1) is 35.5 Å². The van der Waals surface area contributed by atoms with Gasteiger partial charge in [0.2, 0.25) is 5.75 Å². The molecule has 0 saturated heterocycles. The van der Waals surface area contributed by atoms with E-state index in [-0.39, 0.29) is 22.7 Å². The number of benzene rings is 2. The van der Waals surface area contributed by atoms with Crippen LogP contribution in [0.25, 0.3) is 5.69 Å². The largest absolute Gasteiger partial charge is 0.496 e. The van der Waals surface area contributed by atoms with Crippen molar-refractivity contribution in [3.8, 4) is 17.2 Å². The molecule has 0 saturated carbocycles. The summed E-state index contributed by atoms with van der Waals surface area (Å²) < 4.78 is 11.5. The van der Waals surface area contributed by atoms with Gasteiger partial charge in [-0.05, 0) is 30.3 Å². The number of methoxy groups -OCH3 is 1. The zero-order valence-electron chi connectivity index (χ0n) is 13.5. The molecule has 2 aromatic carbocycles. The lowest BCUT2D eigenvalue weighted by molar-refractivity contribution is -0.385. The Hall–Kier alpha value is -3.39. The third-order valence-electron chi connectivity index (χ3n) is 3.46. The Labute approximate surface area is 152 Å². The highest BCUT2D eigenvalue weighted by molar-refractivity contribution is 6.30. The number of nitro benzene ring substituents is 1. The molecule has 0 spiro atoms. The number of nitrogens with zero attached hydrogens (tertiary/aromatic N) is 3. The highest BCUT2D eigenvalue weighted by atomic mass is 35.5. The molecule has 3 aromatic rings. The summed E-state index contributed by atoms with van der Waals surface area (Å²) >= 11 is 5.94. The third kappa shape index (κ3) is 3.65. The lowest BCUT2D eigenvalue weighted by atomic mass is 10.2. The Morgan fingerprint density at radius 2 is 2.08 bits per heavy atom. The summed E-state index contributed by atoms with van der Waals surface area (Å²) in [6.45, 7) is 0. The highest BCUT2D eigenvalue weighted by Crippen LogP contribution is 2.31. The summed E-state index contributed by atoms with van der Waals surface area (Å²) in [4.78, 5) is 22.8. The Balaban J connectivity index is 1.84. The van der Waals surface area contributed by atoms with E-state index in [1.807, 2.05) is 0 Å². The fourth-order valence-corrected chi connectivity index (χ4v) is 2.38. The standard InChI is InChI=1S/C17H12ClN3O5/c1-25-14-5-6-16(15(8-14)21(23)24)26-17(22)11-9-19-20(10-11)13-4-2-3-12(18)7-13/h2-10H,1H3. The monoisotopic (exact) mass is 373 g/mol. The van der Waals surface area contributed by atoms with Crippen molar-refractivity contribution >= 4 is 23.3 Å². The van der Waals surface area contributed by atoms with Crippen LogP contribution >= 0.6 is 11.6 Å². The molecule has 0 fully saturated rings. The van der Waals surface area contributed by atoms with Crippen LogP contribution in [0.4, 0.5) is 5.69 Å². The van der Waals surface area contributed by atoms with Crippen molar-refractivity contribution in [3.05, 3.63) is 75.6 Å². The molecule has 0 aliphatic carbocycles. The van der Waals surface area contributed by atoms with Gasteiger partial charge in [0, 0.05) is 11.2 Å². The van der Waals surface area contributed by atoms with E-state index in [0.29, 0.717) is 10.7 Å². The molecule has 3 rings (SSSR count). The molecular formula is C17H12ClN3O5. The van der Waals surface area contributed by atoms with Gasteiger partial charge in [-0.1, -0.05) is 17.7 Å². The second kappa shape index (κ2) is 7.24. The maximum atomic E-state index is 12.3. The molecule has 1 heterocycles. The summed E-state index contributed by atoms with van der Waals surface area (Å²) in [6, 6.07) is 10.9. The SMILES string of the molecule is COc1ccc(OC(=O)c2cnn(-c3cccc(Cl)c3)c2)c([N+](=O)[O-])c1. The molecule has 0 amide bonds. The van der Waals surface area contributed by atoms with Gasteiger partial charge in [0.15, 0.2) is 0 Å². The van der Waals surface area contributed by atoms with E-state index in [2.05, 4.69) is 5.10 Å². The number of carbonyl (C=O) groups is 1. The summed E-state index contributed by atoms with van der Waals surface area (Å²) in [6.07, 6.45) is 2.75. The lowest BCUT2D eigenvalue weighted by Crippen LogP contribution is -2.09. The average Bonchev–Trinajstić information content (AvgIpc) is 3.12. The van der Waals surface area contributed by atoms with Gasteiger partial charge in [-0.3, -0.25) is 10.1 Å². The molecule has 0 aliphatic heterocycles. The molecule has 26 heavy (non-hydrogen) atoms. The minimum absolute atomic E-state index is 0.134. The molecule has 1 aromatic heterocycles. The van der Waals surface area contributed by atoms with Crippen LogP contribution in [0.2, 0.25) is 5.02 Å². The second-order valence-corrected chi connectivity index (χ2v) is 5.57. The zero-order valence-corrected chi connectivity index (χ0v) is 14.2. The van der Waals surface area contributed by atoms with Gasteiger partial charge in [-0.15, -0.1) is 0 Å². The minimum atomic E-state index is -0.772. The quantitative estimate of drug-likeness (QED) is 0.293. The number of aromatic nitrogens is 2. The van der Waals surface area contributed by atoms with Gasteiger partial charge in [-0.2, -0.15) is 5.10 Å². The van der Waals surface area contributed by atoms with Crippen LogP contribution < -0.4 is 9.47 Å². The van der Waals surface area contributed by atoms with Crippen molar-refractivity contribution in [2.45, 2.75) is 0 Å². The number of hydrogen-bond donors (Lipinski definition) is 0. The smallest absolute Gasteiger partial charge is 0.347 e. The minimum Gasteiger partial charge on any atom is -0.496 e. The molecule has 9 heteroatoms. The van der Waals surface area contributed by atoms with Crippen molar-refractivity contribution in [1.82, 2.24) is 9.78 Å². The van der Waals surface area contributed by atoms with E-state index in [1.165, 1.54) is 42.4 Å². The number of halogens is 1. The first-order valence-corrected chi connectivity index (χ1v) is 7.71. The molecule has 0 unspecified atom stereocenters. The second-order valence-electron chi connectivity index (χ2n) is 5.13. The Morgan fingerprint density at radius 3 is 2.77 bits per heavy atom. The van der Waals surface area contributed by atoms with Crippen molar-refractivity contribution in [1.29, 1.82) is 0 Å². The number of ether oxygens (including phenoxy) is 2. The normalized spacial score (nSPS) is 10.4. The van der Waals surface area contributed by atoms with Gasteiger partial charge < -0.3 is 9.47 Å². The summed E-state index contributed by atoms with van der Waals surface area (Å²) in [5, 5.41) is 15.8. The van der Waals surface area contributed by atoms with Crippen LogP contribution in [0.3, 0.4) is 0 Å². The van der Waals surface area contributed by atoms with Crippen LogP contribution in [-0.2, 0) is 0 Å². The van der Waals surface area contributed by atoms with Gasteiger partial charge >= 0.3 is 11.7 Å². The van der Waals surface area contributed by atoms with Crippen molar-refractivity contribution in [2.75, 3.05) is 7.11 Å². The Morgan fingerprint density at radius 1 is 1.27 bits per heavy atom. The molecule has 0 N–H and O–H groups in total. The maximum absolute atomic E-state index is 12.3. The zero-order chi connectivity index (χ0) is 18.7. The first kappa shape index (κ1) is 17.4. The predicted octanol–water partition coefficient (Wildman–Crippen LogP) is 3.66. The number of esters is 1. The van der Waals surface area contributed by atoms with Crippen LogP contribution in [-0.4, -0.2) is 27.8 Å². The summed E-state index contributed by atoms with van der Waals surface area (Å²) in [5.41, 5.74) is 0.419. The first-order chi connectivity index (χ1) is 12.5. The van der Waals surface area contributed by atoms with E-state index in [4.69, 9.17) is 21.1 Å². The van der Waals surface area contributed by atoms with Gasteiger partial charge in [-0.25, -0.2) is 9.48 Å². The van der Waals surface area contributed by atoms with Gasteiger partial charge in [0.25, 0.3) is 0 Å². The van der Waals surface area contributed by atoms with Crippen molar-refractivity contribution in [2.24, 2.45) is 0 Å². The topological polar surface area (TPSA) is 96.5 Å². The fraction of sp³-hybridized carbons (Fsp3) is 0.0588. The molecule has 0 aliphatic rings. The number of nitro groups is 1. The number of rotatable bonds is 5. The number of carbonyl (C=O) groups excluding carboxylic acids is 1. The molecule has 0 bridgehead atoms. The highest BCUT2D eigenvalue weighted by Gasteiger charge is 2.21. The Bertz CT molecular complexity index is 986. The molecule has 8 nitrogen and oxygen atoms in total.